The van der Waals surface area contributed by atoms with Crippen LogP contribution >= 0.6 is 11.6 Å². The van der Waals surface area contributed by atoms with Gasteiger partial charge in [0.1, 0.15) is 11.2 Å². The summed E-state index contributed by atoms with van der Waals surface area (Å²) in [4.78, 5) is 27.2. The number of benzene rings is 3. The molecule has 0 radical (unpaired) electrons. The van der Waals surface area contributed by atoms with E-state index in [1.54, 1.807) is 72.9 Å². The van der Waals surface area contributed by atoms with E-state index in [4.69, 9.17) is 22.3 Å². The van der Waals surface area contributed by atoms with Crippen molar-refractivity contribution in [2.75, 3.05) is 12.0 Å². The molecule has 3 aromatic carbocycles. The minimum Gasteiger partial charge on any atom is -0.368 e. The molecule has 198 valence electrons. The summed E-state index contributed by atoms with van der Waals surface area (Å²) in [5, 5.41) is 4.36. The zero-order valence-electron chi connectivity index (χ0n) is 20.9. The molecule has 0 saturated heterocycles. The van der Waals surface area contributed by atoms with E-state index in [1.807, 2.05) is 18.2 Å². The summed E-state index contributed by atoms with van der Waals surface area (Å²) in [5.41, 5.74) is 8.31. The van der Waals surface area contributed by atoms with Crippen LogP contribution in [0.25, 0.3) is 45.1 Å². The van der Waals surface area contributed by atoms with Gasteiger partial charge in [-0.2, -0.15) is 5.10 Å². The van der Waals surface area contributed by atoms with E-state index in [0.717, 1.165) is 11.8 Å². The maximum Gasteiger partial charge on any atom is 0.270 e. The highest BCUT2D eigenvalue weighted by atomic mass is 35.5. The number of aromatic nitrogens is 6. The molecule has 0 aliphatic heterocycles. The van der Waals surface area contributed by atoms with Crippen LogP contribution in [0.15, 0.2) is 101 Å². The predicted molar refractivity (Wildman–Crippen MR) is 153 cm³/mol. The zero-order valence-corrected chi connectivity index (χ0v) is 22.5. The van der Waals surface area contributed by atoms with Gasteiger partial charge in [0.05, 0.1) is 17.1 Å². The second kappa shape index (κ2) is 9.70. The van der Waals surface area contributed by atoms with Crippen LogP contribution in [0.1, 0.15) is 0 Å². The van der Waals surface area contributed by atoms with E-state index in [0.29, 0.717) is 27.7 Å². The van der Waals surface area contributed by atoms with Gasteiger partial charge in [-0.05, 0) is 42.5 Å². The summed E-state index contributed by atoms with van der Waals surface area (Å²) in [5.74, 6) is 0.437. The largest absolute Gasteiger partial charge is 0.368 e. The number of rotatable bonds is 5. The second-order valence-electron chi connectivity index (χ2n) is 8.95. The summed E-state index contributed by atoms with van der Waals surface area (Å²) >= 11 is 6.12. The maximum absolute atomic E-state index is 14.2. The SMILES string of the molecule is CS(=O)(=O)c1nn(-c2ccccc2)c2nc(-c3ccc(-c4ccnc(N)n4)cc3)n(-c3ccc(Cl)cc3)c(=O)c12. The average Bonchev–Trinajstić information content (AvgIpc) is 3.35. The minimum absolute atomic E-state index is 0.113. The lowest BCUT2D eigenvalue weighted by Crippen LogP contribution is -2.23. The van der Waals surface area contributed by atoms with E-state index in [-0.39, 0.29) is 27.8 Å². The van der Waals surface area contributed by atoms with Crippen molar-refractivity contribution < 1.29 is 8.42 Å². The first-order chi connectivity index (χ1) is 19.2. The topological polar surface area (TPSA) is 139 Å². The highest BCUT2D eigenvalue weighted by Crippen LogP contribution is 2.29. The molecular weight excluding hydrogens is 550 g/mol. The Morgan fingerprint density at radius 3 is 2.15 bits per heavy atom. The zero-order chi connectivity index (χ0) is 28.0. The van der Waals surface area contributed by atoms with Gasteiger partial charge in [-0.25, -0.2) is 28.1 Å². The fraction of sp³-hybridized carbons (Fsp3) is 0.0357. The van der Waals surface area contributed by atoms with E-state index < -0.39 is 15.4 Å². The maximum atomic E-state index is 14.2. The molecular formula is C28H20ClN7O3S. The van der Waals surface area contributed by atoms with Crippen LogP contribution in [0.5, 0.6) is 0 Å². The molecule has 0 unspecified atom stereocenters. The standard InChI is InChI=1S/C28H20ClN7O3S/c1-40(38,39)26-23-25(36(34-26)21-5-3-2-4-6-21)33-24(35(27(23)37)20-13-11-19(29)12-14-20)18-9-7-17(8-10-18)22-15-16-31-28(30)32-22/h2-16H,1H3,(H2,30,31,32). The highest BCUT2D eigenvalue weighted by molar-refractivity contribution is 7.90. The molecule has 40 heavy (non-hydrogen) atoms. The van der Waals surface area contributed by atoms with Gasteiger partial charge in [0, 0.05) is 28.6 Å². The molecule has 0 amide bonds. The number of sulfone groups is 1. The van der Waals surface area contributed by atoms with Crippen LogP contribution in [-0.2, 0) is 9.84 Å². The number of anilines is 1. The Morgan fingerprint density at radius 1 is 0.825 bits per heavy atom. The van der Waals surface area contributed by atoms with Crippen molar-refractivity contribution >= 4 is 38.4 Å². The number of nitrogens with two attached hydrogens (primary N) is 1. The molecule has 3 heterocycles. The van der Waals surface area contributed by atoms with Crippen LogP contribution in [-0.4, -0.2) is 44.0 Å². The van der Waals surface area contributed by atoms with Crippen molar-refractivity contribution in [3.05, 3.63) is 107 Å². The molecule has 2 N–H and O–H groups in total. The summed E-state index contributed by atoms with van der Waals surface area (Å²) in [6.07, 6.45) is 2.59. The number of nitrogens with zero attached hydrogens (tertiary/aromatic N) is 6. The van der Waals surface area contributed by atoms with Gasteiger partial charge >= 0.3 is 0 Å². The number of halogens is 1. The number of fused-ring (bicyclic) bond motifs is 1. The molecule has 12 heteroatoms. The summed E-state index contributed by atoms with van der Waals surface area (Å²) in [7, 11) is -3.89. The monoisotopic (exact) mass is 569 g/mol. The quantitative estimate of drug-likeness (QED) is 0.323. The number of para-hydroxylation sites is 1. The van der Waals surface area contributed by atoms with Gasteiger partial charge in [-0.15, -0.1) is 0 Å². The molecule has 0 aliphatic carbocycles. The van der Waals surface area contributed by atoms with Crippen LogP contribution in [0.3, 0.4) is 0 Å². The Labute approximate surface area is 233 Å². The van der Waals surface area contributed by atoms with Crippen LogP contribution in [0, 0.1) is 0 Å². The van der Waals surface area contributed by atoms with E-state index >= 15 is 0 Å². The van der Waals surface area contributed by atoms with Gasteiger partial charge in [0.2, 0.25) is 5.95 Å². The van der Waals surface area contributed by atoms with Crippen LogP contribution in [0.2, 0.25) is 5.02 Å². The Bertz CT molecular complexity index is 2060. The van der Waals surface area contributed by atoms with Crippen molar-refractivity contribution in [2.45, 2.75) is 5.03 Å². The smallest absolute Gasteiger partial charge is 0.270 e. The Morgan fingerprint density at radius 2 is 1.50 bits per heavy atom. The van der Waals surface area contributed by atoms with Crippen molar-refractivity contribution in [1.82, 2.24) is 29.3 Å². The fourth-order valence-corrected chi connectivity index (χ4v) is 5.30. The fourth-order valence-electron chi connectivity index (χ4n) is 4.40. The first kappa shape index (κ1) is 25.4. The minimum atomic E-state index is -3.89. The molecule has 0 bridgehead atoms. The van der Waals surface area contributed by atoms with Gasteiger partial charge in [0.25, 0.3) is 5.56 Å². The normalized spacial score (nSPS) is 11.7. The lowest BCUT2D eigenvalue weighted by atomic mass is 10.1. The average molecular weight is 570 g/mol. The third kappa shape index (κ3) is 4.51. The number of hydrogen-bond acceptors (Lipinski definition) is 8. The van der Waals surface area contributed by atoms with Gasteiger partial charge in [-0.1, -0.05) is 54.1 Å². The lowest BCUT2D eigenvalue weighted by Gasteiger charge is -2.14. The molecule has 0 atom stereocenters. The Kier molecular flexibility index (Phi) is 6.16. The second-order valence-corrected chi connectivity index (χ2v) is 11.3. The van der Waals surface area contributed by atoms with Gasteiger partial charge in [0.15, 0.2) is 20.5 Å². The molecule has 0 fully saturated rings. The summed E-state index contributed by atoms with van der Waals surface area (Å²) < 4.78 is 28.3. The van der Waals surface area contributed by atoms with E-state index in [2.05, 4.69) is 15.1 Å². The molecule has 0 spiro atoms. The highest BCUT2D eigenvalue weighted by Gasteiger charge is 2.27. The van der Waals surface area contributed by atoms with E-state index in [9.17, 15) is 13.2 Å². The first-order valence-electron chi connectivity index (χ1n) is 12.0. The number of nitrogen functional groups attached to an aromatic ring is 1. The first-order valence-corrected chi connectivity index (χ1v) is 14.2. The molecule has 6 rings (SSSR count). The van der Waals surface area contributed by atoms with Crippen molar-refractivity contribution in [3.63, 3.8) is 0 Å². The van der Waals surface area contributed by atoms with Crippen LogP contribution in [0.4, 0.5) is 5.95 Å². The van der Waals surface area contributed by atoms with Crippen molar-refractivity contribution in [3.8, 4) is 34.0 Å². The van der Waals surface area contributed by atoms with Gasteiger partial charge in [-0.3, -0.25) is 9.36 Å². The molecule has 6 aromatic rings. The summed E-state index contributed by atoms with van der Waals surface area (Å²) in [6.45, 7) is 0. The molecule has 10 nitrogen and oxygen atoms in total. The Balaban J connectivity index is 1.67. The molecule has 0 aliphatic rings. The molecule has 0 saturated carbocycles. The Hall–Kier alpha value is -4.87. The van der Waals surface area contributed by atoms with E-state index in [1.165, 1.54) is 9.25 Å². The number of hydrogen-bond donors (Lipinski definition) is 1. The third-order valence-electron chi connectivity index (χ3n) is 6.22. The third-order valence-corrected chi connectivity index (χ3v) is 7.46. The predicted octanol–water partition coefficient (Wildman–Crippen LogP) is 4.33. The molecule has 3 aromatic heterocycles. The summed E-state index contributed by atoms with van der Waals surface area (Å²) in [6, 6.07) is 24.5. The van der Waals surface area contributed by atoms with Crippen molar-refractivity contribution in [2.24, 2.45) is 0 Å². The van der Waals surface area contributed by atoms with Gasteiger partial charge < -0.3 is 5.73 Å². The lowest BCUT2D eigenvalue weighted by molar-refractivity contribution is 0.597. The van der Waals surface area contributed by atoms with Crippen LogP contribution < -0.4 is 11.3 Å². The van der Waals surface area contributed by atoms with Crippen molar-refractivity contribution in [1.29, 1.82) is 0 Å².